The van der Waals surface area contributed by atoms with Gasteiger partial charge in [-0.15, -0.1) is 0 Å². The molecule has 5 N–H and O–H groups in total. The SMILES string of the molecule is C=C1C(=O)O[C@@H]2[C@H]3C(CO[C@@H]4O[C@H](CO)[C@@H](O)[C@H](O)[C@H]4O)=CC(=O)C3=C(C)C[C@H](OC(=O)Cc3ccc(O)cc3)[C@@H]12. The first-order chi connectivity index (χ1) is 19.5. The molecule has 2 saturated heterocycles. The molecule has 1 aromatic carbocycles. The molecule has 0 unspecified atom stereocenters. The summed E-state index contributed by atoms with van der Waals surface area (Å²) in [7, 11) is 0. The van der Waals surface area contributed by atoms with Crippen molar-refractivity contribution >= 4 is 17.7 Å². The smallest absolute Gasteiger partial charge is 0.334 e. The molecule has 0 radical (unpaired) electrons. The number of hydrogen-bond acceptors (Lipinski definition) is 12. The van der Waals surface area contributed by atoms with E-state index in [1.807, 2.05) is 0 Å². The van der Waals surface area contributed by atoms with Gasteiger partial charge in [-0.2, -0.15) is 0 Å². The zero-order valence-corrected chi connectivity index (χ0v) is 22.2. The molecule has 0 bridgehead atoms. The molecule has 0 saturated carbocycles. The van der Waals surface area contributed by atoms with E-state index in [-0.39, 0.29) is 36.6 Å². The molecule has 2 heterocycles. The summed E-state index contributed by atoms with van der Waals surface area (Å²) in [5.74, 6) is -3.02. The number of allylic oxidation sites excluding steroid dienone is 1. The minimum Gasteiger partial charge on any atom is -0.508 e. The molecule has 2 aliphatic carbocycles. The van der Waals surface area contributed by atoms with Crippen LogP contribution in [0.15, 0.2) is 59.2 Å². The second kappa shape index (κ2) is 11.5. The second-order valence-corrected chi connectivity index (χ2v) is 10.8. The summed E-state index contributed by atoms with van der Waals surface area (Å²) in [6.45, 7) is 4.72. The number of aliphatic hydroxyl groups excluding tert-OH is 4. The normalized spacial score (nSPS) is 35.0. The van der Waals surface area contributed by atoms with Crippen LogP contribution in [0, 0.1) is 11.8 Å². The average Bonchev–Trinajstić information content (AvgIpc) is 3.38. The molecular weight excluding hydrogens is 540 g/mol. The molecule has 9 atom stereocenters. The van der Waals surface area contributed by atoms with Crippen molar-refractivity contribution < 1.29 is 58.9 Å². The Morgan fingerprint density at radius 2 is 1.80 bits per heavy atom. The Labute approximate surface area is 235 Å². The Bertz CT molecular complexity index is 1300. The maximum absolute atomic E-state index is 13.2. The van der Waals surface area contributed by atoms with Gasteiger partial charge in [0.1, 0.15) is 42.4 Å². The summed E-state index contributed by atoms with van der Waals surface area (Å²) in [6, 6.07) is 6.10. The molecule has 5 rings (SSSR count). The number of benzene rings is 1. The molecule has 0 amide bonds. The number of esters is 2. The Hall–Kier alpha value is -3.39. The summed E-state index contributed by atoms with van der Waals surface area (Å²) >= 11 is 0. The van der Waals surface area contributed by atoms with E-state index in [1.165, 1.54) is 18.2 Å². The van der Waals surface area contributed by atoms with E-state index in [4.69, 9.17) is 18.9 Å². The van der Waals surface area contributed by atoms with Crippen LogP contribution in [0.2, 0.25) is 0 Å². The molecule has 41 heavy (non-hydrogen) atoms. The van der Waals surface area contributed by atoms with Crippen molar-refractivity contribution in [3.05, 3.63) is 64.8 Å². The van der Waals surface area contributed by atoms with Crippen LogP contribution in [-0.4, -0.2) is 99.4 Å². The fraction of sp³-hybridized carbons (Fsp3) is 0.483. The van der Waals surface area contributed by atoms with Gasteiger partial charge in [-0.3, -0.25) is 9.59 Å². The first-order valence-corrected chi connectivity index (χ1v) is 13.2. The van der Waals surface area contributed by atoms with Crippen LogP contribution in [0.25, 0.3) is 0 Å². The Morgan fingerprint density at radius 3 is 2.49 bits per heavy atom. The fourth-order valence-electron chi connectivity index (χ4n) is 6.00. The topological polar surface area (TPSA) is 189 Å². The lowest BCUT2D eigenvalue weighted by Gasteiger charge is -2.39. The third kappa shape index (κ3) is 5.46. The van der Waals surface area contributed by atoms with Crippen LogP contribution in [-0.2, 0) is 39.8 Å². The Kier molecular flexibility index (Phi) is 8.15. The Balaban J connectivity index is 1.36. The van der Waals surface area contributed by atoms with Crippen molar-refractivity contribution in [2.45, 2.75) is 62.7 Å². The summed E-state index contributed by atoms with van der Waals surface area (Å²) in [4.78, 5) is 38.8. The van der Waals surface area contributed by atoms with Gasteiger partial charge in [-0.25, -0.2) is 4.79 Å². The first-order valence-electron chi connectivity index (χ1n) is 13.2. The van der Waals surface area contributed by atoms with E-state index in [9.17, 15) is 39.9 Å². The van der Waals surface area contributed by atoms with Crippen LogP contribution in [0.1, 0.15) is 18.9 Å². The molecule has 12 nitrogen and oxygen atoms in total. The lowest BCUT2D eigenvalue weighted by molar-refractivity contribution is -0.299. The lowest BCUT2D eigenvalue weighted by Crippen LogP contribution is -2.59. The molecule has 0 spiro atoms. The van der Waals surface area contributed by atoms with Gasteiger partial charge in [0.05, 0.1) is 25.6 Å². The fourth-order valence-corrected chi connectivity index (χ4v) is 6.00. The molecule has 0 aromatic heterocycles. The average molecular weight is 573 g/mol. The number of carbonyl (C=O) groups is 3. The highest BCUT2D eigenvalue weighted by Gasteiger charge is 2.55. The third-order valence-electron chi connectivity index (χ3n) is 8.08. The number of ether oxygens (including phenoxy) is 4. The minimum atomic E-state index is -1.64. The van der Waals surface area contributed by atoms with Crippen LogP contribution in [0.4, 0.5) is 0 Å². The second-order valence-electron chi connectivity index (χ2n) is 10.8. The molecule has 4 aliphatic rings. The summed E-state index contributed by atoms with van der Waals surface area (Å²) in [5.41, 5.74) is 2.16. The summed E-state index contributed by atoms with van der Waals surface area (Å²) in [5, 5.41) is 49.4. The van der Waals surface area contributed by atoms with Gasteiger partial charge in [0.15, 0.2) is 12.1 Å². The standard InChI is InChI=1S/C29H32O12/c1-12-7-18(39-20(33)8-14-3-5-16(31)6-4-14)22-13(2)28(37)41-27(22)23-15(9-17(32)21(12)23)11-38-29-26(36)25(35)24(34)19(10-30)40-29/h3-6,9,18-19,22-27,29-31,34-36H,2,7-8,10-11H2,1H3/t18-,19+,22+,23-,24+,25-,26+,27-,29+/m0/s1. The summed E-state index contributed by atoms with van der Waals surface area (Å²) in [6.07, 6.45) is -7.76. The van der Waals surface area contributed by atoms with Crippen LogP contribution in [0.5, 0.6) is 5.75 Å². The van der Waals surface area contributed by atoms with E-state index in [0.717, 1.165) is 0 Å². The number of fused-ring (bicyclic) bond motifs is 3. The Morgan fingerprint density at radius 1 is 1.10 bits per heavy atom. The van der Waals surface area contributed by atoms with Crippen molar-refractivity contribution in [1.29, 1.82) is 0 Å². The minimum absolute atomic E-state index is 0.0597. The maximum atomic E-state index is 13.2. The number of phenols is 1. The van der Waals surface area contributed by atoms with Crippen molar-refractivity contribution in [2.75, 3.05) is 13.2 Å². The lowest BCUT2D eigenvalue weighted by atomic mass is 9.82. The number of carbonyl (C=O) groups excluding carboxylic acids is 3. The molecule has 12 heteroatoms. The number of phenolic OH excluding ortho intramolecular Hbond substituents is 1. The number of aliphatic hydroxyl groups is 4. The highest BCUT2D eigenvalue weighted by molar-refractivity contribution is 6.09. The van der Waals surface area contributed by atoms with Crippen molar-refractivity contribution in [2.24, 2.45) is 11.8 Å². The molecule has 220 valence electrons. The van der Waals surface area contributed by atoms with Gasteiger partial charge in [0.25, 0.3) is 0 Å². The summed E-state index contributed by atoms with van der Waals surface area (Å²) < 4.78 is 22.7. The maximum Gasteiger partial charge on any atom is 0.334 e. The van der Waals surface area contributed by atoms with Gasteiger partial charge in [0.2, 0.25) is 0 Å². The monoisotopic (exact) mass is 572 g/mol. The largest absolute Gasteiger partial charge is 0.508 e. The van der Waals surface area contributed by atoms with Gasteiger partial charge < -0.3 is 44.5 Å². The molecule has 1 aromatic rings. The zero-order valence-electron chi connectivity index (χ0n) is 22.2. The number of hydrogen-bond donors (Lipinski definition) is 5. The highest BCUT2D eigenvalue weighted by atomic mass is 16.7. The molecule has 2 aliphatic heterocycles. The number of ketones is 1. The van der Waals surface area contributed by atoms with Crippen LogP contribution < -0.4 is 0 Å². The number of aromatic hydroxyl groups is 1. The van der Waals surface area contributed by atoms with Crippen molar-refractivity contribution in [1.82, 2.24) is 0 Å². The van der Waals surface area contributed by atoms with Crippen molar-refractivity contribution in [3.8, 4) is 5.75 Å². The van der Waals surface area contributed by atoms with Gasteiger partial charge in [0, 0.05) is 23.5 Å². The first kappa shape index (κ1) is 29.1. The van der Waals surface area contributed by atoms with E-state index in [1.54, 1.807) is 19.1 Å². The van der Waals surface area contributed by atoms with Crippen LogP contribution in [0.3, 0.4) is 0 Å². The third-order valence-corrected chi connectivity index (χ3v) is 8.08. The predicted molar refractivity (Wildman–Crippen MR) is 138 cm³/mol. The number of rotatable bonds is 7. The molecular formula is C29H32O12. The van der Waals surface area contributed by atoms with E-state index >= 15 is 0 Å². The quantitative estimate of drug-likeness (QED) is 0.210. The zero-order chi connectivity index (χ0) is 29.6. The van der Waals surface area contributed by atoms with Gasteiger partial charge in [-0.1, -0.05) is 24.3 Å². The van der Waals surface area contributed by atoms with Gasteiger partial charge >= 0.3 is 11.9 Å². The predicted octanol–water partition coefficient (Wildman–Crippen LogP) is -0.394. The van der Waals surface area contributed by atoms with E-state index < -0.39 is 73.3 Å². The van der Waals surface area contributed by atoms with Crippen LogP contribution >= 0.6 is 0 Å². The van der Waals surface area contributed by atoms with Gasteiger partial charge in [-0.05, 0) is 36.3 Å². The van der Waals surface area contributed by atoms with E-state index in [2.05, 4.69) is 6.58 Å². The van der Waals surface area contributed by atoms with E-state index in [0.29, 0.717) is 22.3 Å². The van der Waals surface area contributed by atoms with Crippen molar-refractivity contribution in [3.63, 3.8) is 0 Å². The highest BCUT2D eigenvalue weighted by Crippen LogP contribution is 2.48. The molecule has 2 fully saturated rings.